The molecule has 0 aliphatic heterocycles. The first-order valence-corrected chi connectivity index (χ1v) is 13.2. The van der Waals surface area contributed by atoms with Crippen molar-refractivity contribution in [2.45, 2.75) is 44.5 Å². The molecule has 0 aliphatic carbocycles. The molecule has 11 heteroatoms. The third kappa shape index (κ3) is 9.20. The van der Waals surface area contributed by atoms with Gasteiger partial charge in [0, 0.05) is 29.9 Å². The molecule has 1 heterocycles. The fraction of sp³-hybridized carbons (Fsp3) is 0.226. The number of H-pyrrole nitrogens is 1. The molecule has 0 aliphatic rings. The first-order chi connectivity index (χ1) is 19.8. The van der Waals surface area contributed by atoms with Crippen molar-refractivity contribution in [2.24, 2.45) is 0 Å². The zero-order valence-electron chi connectivity index (χ0n) is 23.5. The number of alkyl carbamates (subject to hydrolysis) is 1. The zero-order valence-corrected chi connectivity index (χ0v) is 25.5. The SMILES string of the molecule is C[C@H](NC(=O)[C@@H](Cc1ccccc1)NC(=O)OCc1ccccc1)C(=O)N[C@@H](Cc1c[nH]c2ccccc12)C(=O)[O-].[Na+]. The molecule has 4 N–H and O–H groups in total. The maximum absolute atomic E-state index is 13.2. The maximum Gasteiger partial charge on any atom is 1.00 e. The number of fused-ring (bicyclic) bond motifs is 1. The molecule has 10 nitrogen and oxygen atoms in total. The fourth-order valence-corrected chi connectivity index (χ4v) is 4.36. The van der Waals surface area contributed by atoms with E-state index in [9.17, 15) is 24.3 Å². The van der Waals surface area contributed by atoms with Crippen LogP contribution in [0.1, 0.15) is 23.6 Å². The van der Waals surface area contributed by atoms with E-state index in [0.29, 0.717) is 5.56 Å². The second-order valence-electron chi connectivity index (χ2n) is 9.62. The van der Waals surface area contributed by atoms with Crippen LogP contribution in [0.25, 0.3) is 10.9 Å². The van der Waals surface area contributed by atoms with Gasteiger partial charge >= 0.3 is 35.7 Å². The molecule has 1 aromatic heterocycles. The number of hydrogen-bond donors (Lipinski definition) is 4. The summed E-state index contributed by atoms with van der Waals surface area (Å²) in [5.74, 6) is -2.79. The Balaban J connectivity index is 0.00000484. The smallest absolute Gasteiger partial charge is 0.548 e. The molecule has 3 atom stereocenters. The van der Waals surface area contributed by atoms with Gasteiger partial charge in [-0.05, 0) is 29.7 Å². The van der Waals surface area contributed by atoms with E-state index in [1.165, 1.54) is 6.92 Å². The molecule has 42 heavy (non-hydrogen) atoms. The quantitative estimate of drug-likeness (QED) is 0.158. The summed E-state index contributed by atoms with van der Waals surface area (Å²) in [7, 11) is 0. The van der Waals surface area contributed by atoms with Gasteiger partial charge in [0.2, 0.25) is 11.8 Å². The summed E-state index contributed by atoms with van der Waals surface area (Å²) in [6, 6.07) is 22.1. The van der Waals surface area contributed by atoms with Crippen LogP contribution in [0, 0.1) is 0 Å². The molecule has 3 aromatic carbocycles. The number of nitrogens with one attached hydrogen (secondary N) is 4. The molecule has 4 rings (SSSR count). The van der Waals surface area contributed by atoms with Crippen molar-refractivity contribution in [1.82, 2.24) is 20.9 Å². The number of carbonyl (C=O) groups is 4. The summed E-state index contributed by atoms with van der Waals surface area (Å²) >= 11 is 0. The van der Waals surface area contributed by atoms with Crippen LogP contribution in [0.2, 0.25) is 0 Å². The van der Waals surface area contributed by atoms with Gasteiger partial charge < -0.3 is 35.6 Å². The summed E-state index contributed by atoms with van der Waals surface area (Å²) in [6.07, 6.45) is 1.03. The Morgan fingerprint density at radius 2 is 1.38 bits per heavy atom. The first kappa shape index (κ1) is 32.4. The van der Waals surface area contributed by atoms with E-state index in [-0.39, 0.29) is 49.0 Å². The average Bonchev–Trinajstić information content (AvgIpc) is 3.39. The van der Waals surface area contributed by atoms with Crippen molar-refractivity contribution >= 4 is 34.8 Å². The van der Waals surface area contributed by atoms with Gasteiger partial charge in [-0.1, -0.05) is 78.9 Å². The second kappa shape index (κ2) is 15.8. The number of carboxylic acid groups (broad SMARTS) is 1. The number of rotatable bonds is 12. The van der Waals surface area contributed by atoms with Crippen molar-refractivity contribution in [3.63, 3.8) is 0 Å². The Bertz CT molecular complexity index is 1500. The van der Waals surface area contributed by atoms with Gasteiger partial charge in [-0.2, -0.15) is 0 Å². The number of carbonyl (C=O) groups excluding carboxylic acids is 4. The number of benzene rings is 3. The number of hydrogen-bond acceptors (Lipinski definition) is 6. The summed E-state index contributed by atoms with van der Waals surface area (Å²) < 4.78 is 5.27. The molecule has 0 unspecified atom stereocenters. The predicted octanol–water partition coefficient (Wildman–Crippen LogP) is -1.01. The Morgan fingerprint density at radius 3 is 2.05 bits per heavy atom. The molecular weight excluding hydrogens is 547 g/mol. The van der Waals surface area contributed by atoms with Crippen molar-refractivity contribution in [3.05, 3.63) is 108 Å². The third-order valence-electron chi connectivity index (χ3n) is 6.56. The molecule has 0 saturated carbocycles. The number of amides is 3. The minimum Gasteiger partial charge on any atom is -0.548 e. The molecular formula is C31H31N4NaO6. The van der Waals surface area contributed by atoms with E-state index in [4.69, 9.17) is 4.74 Å². The Morgan fingerprint density at radius 1 is 0.762 bits per heavy atom. The van der Waals surface area contributed by atoms with Crippen LogP contribution in [-0.4, -0.2) is 47.0 Å². The first-order valence-electron chi connectivity index (χ1n) is 13.2. The number of aromatic amines is 1. The number of aliphatic carboxylic acids is 1. The minimum atomic E-state index is -1.45. The standard InChI is InChI=1S/C31H32N4O6.Na/c1-20(28(36)34-27(30(38)39)17-23-18-32-25-15-9-8-14-24(23)25)33-29(37)26(16-21-10-4-2-5-11-21)35-31(40)41-19-22-12-6-3-7-13-22;/h2-15,18,20,26-27,32H,16-17,19H2,1H3,(H,33,37)(H,34,36)(H,35,40)(H,38,39);/q;+1/p-1/t20-,26+,27-;/m0./s1. The summed E-state index contributed by atoms with van der Waals surface area (Å²) in [5.41, 5.74) is 3.11. The van der Waals surface area contributed by atoms with Crippen molar-refractivity contribution in [1.29, 1.82) is 0 Å². The van der Waals surface area contributed by atoms with E-state index < -0.39 is 42.0 Å². The van der Waals surface area contributed by atoms with E-state index in [1.807, 2.05) is 72.8 Å². The van der Waals surface area contributed by atoms with Crippen molar-refractivity contribution in [2.75, 3.05) is 0 Å². The molecule has 212 valence electrons. The predicted molar refractivity (Wildman–Crippen MR) is 150 cm³/mol. The van der Waals surface area contributed by atoms with E-state index >= 15 is 0 Å². The maximum atomic E-state index is 13.2. The van der Waals surface area contributed by atoms with Crippen LogP contribution in [0.15, 0.2) is 91.1 Å². The minimum absolute atomic E-state index is 0. The molecule has 0 saturated heterocycles. The van der Waals surface area contributed by atoms with Gasteiger partial charge in [-0.15, -0.1) is 0 Å². The van der Waals surface area contributed by atoms with Gasteiger partial charge in [0.25, 0.3) is 0 Å². The van der Waals surface area contributed by atoms with Gasteiger partial charge in [-0.25, -0.2) is 4.79 Å². The van der Waals surface area contributed by atoms with Gasteiger partial charge in [0.1, 0.15) is 18.7 Å². The molecule has 3 amide bonds. The molecule has 0 radical (unpaired) electrons. The normalized spacial score (nSPS) is 12.7. The van der Waals surface area contributed by atoms with Gasteiger partial charge in [-0.3, -0.25) is 9.59 Å². The summed E-state index contributed by atoms with van der Waals surface area (Å²) in [4.78, 5) is 53.6. The van der Waals surface area contributed by atoms with E-state index in [1.54, 1.807) is 18.3 Å². The number of aromatic nitrogens is 1. The second-order valence-corrected chi connectivity index (χ2v) is 9.62. The summed E-state index contributed by atoms with van der Waals surface area (Å²) in [5, 5.41) is 20.3. The Hall–Kier alpha value is -4.12. The molecule has 0 spiro atoms. The number of carboxylic acids is 1. The monoisotopic (exact) mass is 578 g/mol. The average molecular weight is 579 g/mol. The topological polar surface area (TPSA) is 152 Å². The number of para-hydroxylation sites is 1. The third-order valence-corrected chi connectivity index (χ3v) is 6.56. The van der Waals surface area contributed by atoms with Crippen LogP contribution in [-0.2, 0) is 38.6 Å². The largest absolute Gasteiger partial charge is 1.00 e. The fourth-order valence-electron chi connectivity index (χ4n) is 4.36. The van der Waals surface area contributed by atoms with Gasteiger partial charge in [0.05, 0.1) is 12.0 Å². The van der Waals surface area contributed by atoms with Crippen LogP contribution >= 0.6 is 0 Å². The van der Waals surface area contributed by atoms with Gasteiger partial charge in [0.15, 0.2) is 0 Å². The van der Waals surface area contributed by atoms with Crippen molar-refractivity contribution < 1.29 is 58.6 Å². The zero-order chi connectivity index (χ0) is 29.2. The molecule has 4 aromatic rings. The van der Waals surface area contributed by atoms with Crippen LogP contribution in [0.4, 0.5) is 4.79 Å². The van der Waals surface area contributed by atoms with Crippen molar-refractivity contribution in [3.8, 4) is 0 Å². The Labute approximate surface area is 265 Å². The molecule has 0 fully saturated rings. The van der Waals surface area contributed by atoms with Crippen LogP contribution in [0.3, 0.4) is 0 Å². The summed E-state index contributed by atoms with van der Waals surface area (Å²) in [6.45, 7) is 1.45. The Kier molecular flexibility index (Phi) is 12.2. The number of ether oxygens (including phenoxy) is 1. The molecule has 0 bridgehead atoms. The van der Waals surface area contributed by atoms with Crippen LogP contribution in [0.5, 0.6) is 0 Å². The van der Waals surface area contributed by atoms with E-state index in [0.717, 1.165) is 22.0 Å². The van der Waals surface area contributed by atoms with Crippen LogP contribution < -0.4 is 50.6 Å². The van der Waals surface area contributed by atoms with E-state index in [2.05, 4.69) is 20.9 Å².